The molecule has 7 nitrogen and oxygen atoms in total. The van der Waals surface area contributed by atoms with Crippen molar-refractivity contribution in [3.05, 3.63) is 111 Å². The molecule has 8 heteroatoms. The molecule has 38 heavy (non-hydrogen) atoms. The summed E-state index contributed by atoms with van der Waals surface area (Å²) < 4.78 is 17.1. The average Bonchev–Trinajstić information content (AvgIpc) is 3.50. The molecule has 0 unspecified atom stereocenters. The van der Waals surface area contributed by atoms with Crippen LogP contribution in [0.5, 0.6) is 0 Å². The third kappa shape index (κ3) is 4.90. The van der Waals surface area contributed by atoms with Gasteiger partial charge in [-0.15, -0.1) is 6.42 Å². The maximum Gasteiger partial charge on any atom is 0.336 e. The summed E-state index contributed by atoms with van der Waals surface area (Å²) in [6.07, 6.45) is 9.36. The number of halogens is 1. The van der Waals surface area contributed by atoms with Crippen molar-refractivity contribution in [2.24, 2.45) is 4.99 Å². The third-order valence-electron chi connectivity index (χ3n) is 6.35. The summed E-state index contributed by atoms with van der Waals surface area (Å²) >= 11 is 0. The molecule has 0 radical (unpaired) electrons. The molecule has 3 N–H and O–H groups in total. The number of benzene rings is 3. The van der Waals surface area contributed by atoms with E-state index in [0.29, 0.717) is 34.2 Å². The normalized spacial score (nSPS) is 11.3. The molecule has 0 aliphatic rings. The van der Waals surface area contributed by atoms with E-state index in [2.05, 4.69) is 20.9 Å². The summed E-state index contributed by atoms with van der Waals surface area (Å²) in [5.74, 6) is 0.939. The molecule has 2 aromatic heterocycles. The van der Waals surface area contributed by atoms with Gasteiger partial charge in [0.05, 0.1) is 16.6 Å². The monoisotopic (exact) mass is 506 g/mol. The SMILES string of the molecule is C#Cc1ccc(Cn2cccc2-c2cc(C)c(N=CCc3ccc4[nH]c(=O)[nH]c4c3)c(F)c2)c(C(=O)O)c1. The van der Waals surface area contributed by atoms with Crippen LogP contribution in [0.1, 0.15) is 32.6 Å². The predicted molar refractivity (Wildman–Crippen MR) is 146 cm³/mol. The van der Waals surface area contributed by atoms with E-state index in [1.54, 1.807) is 25.3 Å². The number of hydrogen-bond acceptors (Lipinski definition) is 3. The van der Waals surface area contributed by atoms with E-state index in [-0.39, 0.29) is 23.5 Å². The number of aromatic nitrogens is 3. The number of carboxylic acid groups (broad SMARTS) is 1. The van der Waals surface area contributed by atoms with Gasteiger partial charge in [0.1, 0.15) is 11.5 Å². The van der Waals surface area contributed by atoms with E-state index in [0.717, 1.165) is 16.8 Å². The van der Waals surface area contributed by atoms with E-state index >= 15 is 4.39 Å². The first-order chi connectivity index (χ1) is 18.3. The van der Waals surface area contributed by atoms with Crippen LogP contribution in [-0.2, 0) is 13.0 Å². The molecule has 0 saturated heterocycles. The summed E-state index contributed by atoms with van der Waals surface area (Å²) in [6.45, 7) is 2.08. The van der Waals surface area contributed by atoms with Crippen LogP contribution in [0.2, 0.25) is 0 Å². The largest absolute Gasteiger partial charge is 0.478 e. The Balaban J connectivity index is 1.38. The number of aliphatic imine (C=N–C) groups is 1. The first-order valence-electron chi connectivity index (χ1n) is 11.8. The fraction of sp³-hybridized carbons (Fsp3) is 0.100. The molecule has 0 bridgehead atoms. The van der Waals surface area contributed by atoms with Gasteiger partial charge in [0, 0.05) is 42.2 Å². The third-order valence-corrected chi connectivity index (χ3v) is 6.35. The van der Waals surface area contributed by atoms with Gasteiger partial charge < -0.3 is 19.6 Å². The number of fused-ring (bicyclic) bond motifs is 1. The van der Waals surface area contributed by atoms with Crippen molar-refractivity contribution < 1.29 is 14.3 Å². The Kier molecular flexibility index (Phi) is 6.50. The molecule has 0 aliphatic carbocycles. The van der Waals surface area contributed by atoms with Crippen LogP contribution in [0.3, 0.4) is 0 Å². The maximum atomic E-state index is 15.2. The number of aromatic amines is 2. The second-order valence-corrected chi connectivity index (χ2v) is 8.94. The van der Waals surface area contributed by atoms with Crippen LogP contribution < -0.4 is 5.69 Å². The lowest BCUT2D eigenvalue weighted by molar-refractivity contribution is 0.0695. The summed E-state index contributed by atoms with van der Waals surface area (Å²) in [7, 11) is 0. The Morgan fingerprint density at radius 2 is 1.95 bits per heavy atom. The van der Waals surface area contributed by atoms with Crippen LogP contribution in [0.15, 0.2) is 76.6 Å². The Hall–Kier alpha value is -5.16. The van der Waals surface area contributed by atoms with Crippen LogP contribution in [-0.4, -0.2) is 31.8 Å². The Labute approximate surface area is 217 Å². The van der Waals surface area contributed by atoms with Crippen LogP contribution in [0, 0.1) is 25.1 Å². The average molecular weight is 507 g/mol. The van der Waals surface area contributed by atoms with Gasteiger partial charge in [0.15, 0.2) is 0 Å². The number of H-pyrrole nitrogens is 2. The number of imidazole rings is 1. The highest BCUT2D eigenvalue weighted by Gasteiger charge is 2.15. The molecule has 5 rings (SSSR count). The van der Waals surface area contributed by atoms with E-state index in [4.69, 9.17) is 6.42 Å². The molecular weight excluding hydrogens is 483 g/mol. The summed E-state index contributed by atoms with van der Waals surface area (Å²) in [6, 6.07) is 17.4. The minimum Gasteiger partial charge on any atom is -0.478 e. The molecule has 0 spiro atoms. The molecule has 188 valence electrons. The molecule has 0 atom stereocenters. The summed E-state index contributed by atoms with van der Waals surface area (Å²) in [5.41, 5.74) is 5.63. The second-order valence-electron chi connectivity index (χ2n) is 8.94. The minimum absolute atomic E-state index is 0.133. The van der Waals surface area contributed by atoms with Gasteiger partial charge in [-0.25, -0.2) is 14.0 Å². The number of carbonyl (C=O) groups is 1. The van der Waals surface area contributed by atoms with Gasteiger partial charge in [-0.05, 0) is 72.1 Å². The number of terminal acetylenes is 1. The zero-order valence-corrected chi connectivity index (χ0v) is 20.5. The quantitative estimate of drug-likeness (QED) is 0.202. The zero-order chi connectivity index (χ0) is 26.8. The zero-order valence-electron chi connectivity index (χ0n) is 20.5. The van der Waals surface area contributed by atoms with Gasteiger partial charge in [0.2, 0.25) is 0 Å². The second kappa shape index (κ2) is 10.1. The highest BCUT2D eigenvalue weighted by molar-refractivity contribution is 5.90. The van der Waals surface area contributed by atoms with Gasteiger partial charge in [-0.2, -0.15) is 0 Å². The van der Waals surface area contributed by atoms with Gasteiger partial charge in [0.25, 0.3) is 0 Å². The smallest absolute Gasteiger partial charge is 0.336 e. The molecule has 0 saturated carbocycles. The van der Waals surface area contributed by atoms with Crippen molar-refractivity contribution in [3.8, 4) is 23.6 Å². The number of nitrogens with zero attached hydrogens (tertiary/aromatic N) is 2. The highest BCUT2D eigenvalue weighted by Crippen LogP contribution is 2.31. The number of carboxylic acids is 1. The molecular formula is C30H23FN4O3. The van der Waals surface area contributed by atoms with Crippen molar-refractivity contribution in [2.75, 3.05) is 0 Å². The number of hydrogen-bond donors (Lipinski definition) is 3. The first-order valence-corrected chi connectivity index (χ1v) is 11.8. The van der Waals surface area contributed by atoms with Gasteiger partial charge >= 0.3 is 11.7 Å². The lowest BCUT2D eigenvalue weighted by Crippen LogP contribution is -2.08. The fourth-order valence-corrected chi connectivity index (χ4v) is 4.50. The van der Waals surface area contributed by atoms with E-state index in [1.807, 2.05) is 47.2 Å². The van der Waals surface area contributed by atoms with E-state index in [1.165, 1.54) is 12.1 Å². The van der Waals surface area contributed by atoms with E-state index < -0.39 is 11.8 Å². The Morgan fingerprint density at radius 3 is 2.71 bits per heavy atom. The predicted octanol–water partition coefficient (Wildman–Crippen LogP) is 5.45. The molecule has 0 aliphatic heterocycles. The fourth-order valence-electron chi connectivity index (χ4n) is 4.50. The molecule has 0 fully saturated rings. The lowest BCUT2D eigenvalue weighted by Gasteiger charge is -2.13. The van der Waals surface area contributed by atoms with Crippen molar-refractivity contribution in [1.29, 1.82) is 0 Å². The molecule has 2 heterocycles. The Morgan fingerprint density at radius 1 is 1.13 bits per heavy atom. The first kappa shape index (κ1) is 24.5. The Bertz CT molecular complexity index is 1790. The standard InChI is InChI=1S/C30H23FN4O3/c1-3-19-6-8-21(23(14-19)29(36)37)17-35-12-4-5-27(35)22-13-18(2)28(24(31)16-22)32-11-10-20-7-9-25-26(15-20)34-30(38)33-25/h1,4-9,11-16H,10,17H2,2H3,(H,36,37)(H2,33,34,38). The van der Waals surface area contributed by atoms with E-state index in [9.17, 15) is 14.7 Å². The topological polar surface area (TPSA) is 103 Å². The van der Waals surface area contributed by atoms with Crippen LogP contribution in [0.4, 0.5) is 10.1 Å². The number of rotatable bonds is 7. The van der Waals surface area contributed by atoms with Crippen LogP contribution in [0.25, 0.3) is 22.3 Å². The highest BCUT2D eigenvalue weighted by atomic mass is 19.1. The maximum absolute atomic E-state index is 15.2. The molecule has 5 aromatic rings. The van der Waals surface area contributed by atoms with Crippen molar-refractivity contribution in [2.45, 2.75) is 19.9 Å². The number of aromatic carboxylic acids is 1. The van der Waals surface area contributed by atoms with Crippen molar-refractivity contribution >= 4 is 28.9 Å². The van der Waals surface area contributed by atoms with Gasteiger partial charge in [-0.1, -0.05) is 18.1 Å². The lowest BCUT2D eigenvalue weighted by atomic mass is 10.0. The van der Waals surface area contributed by atoms with Crippen molar-refractivity contribution in [1.82, 2.24) is 14.5 Å². The number of aryl methyl sites for hydroxylation is 1. The summed E-state index contributed by atoms with van der Waals surface area (Å²) in [4.78, 5) is 33.0. The number of nitrogens with one attached hydrogen (secondary N) is 2. The van der Waals surface area contributed by atoms with Gasteiger partial charge in [-0.3, -0.25) is 4.99 Å². The molecule has 3 aromatic carbocycles. The van der Waals surface area contributed by atoms with Crippen LogP contribution >= 0.6 is 0 Å². The summed E-state index contributed by atoms with van der Waals surface area (Å²) in [5, 5.41) is 9.64. The molecule has 0 amide bonds. The van der Waals surface area contributed by atoms with Crippen molar-refractivity contribution in [3.63, 3.8) is 0 Å². The minimum atomic E-state index is -1.06.